The zero-order chi connectivity index (χ0) is 24.7. The molecule has 1 aliphatic rings. The fourth-order valence-corrected chi connectivity index (χ4v) is 6.61. The van der Waals surface area contributed by atoms with E-state index in [9.17, 15) is 0 Å². The fourth-order valence-electron chi connectivity index (χ4n) is 4.73. The Morgan fingerprint density at radius 1 is 1.12 bits per heavy atom. The Labute approximate surface area is 213 Å². The first-order chi connectivity index (χ1) is 16.0. The molecule has 184 valence electrons. The summed E-state index contributed by atoms with van der Waals surface area (Å²) in [5.74, 6) is 0.947. The Morgan fingerprint density at radius 2 is 1.82 bits per heavy atom. The number of piperidine rings is 1. The Kier molecular flexibility index (Phi) is 7.28. The zero-order valence-corrected chi connectivity index (χ0v) is 24.1. The minimum atomic E-state index is -1.80. The van der Waals surface area contributed by atoms with Crippen LogP contribution < -0.4 is 4.90 Å². The van der Waals surface area contributed by atoms with Crippen LogP contribution in [0, 0.1) is 11.8 Å². The number of aromatic nitrogens is 2. The molecule has 0 amide bonds. The zero-order valence-electron chi connectivity index (χ0n) is 21.6. The first kappa shape index (κ1) is 25.4. The van der Waals surface area contributed by atoms with Gasteiger partial charge in [0.05, 0.1) is 10.6 Å². The van der Waals surface area contributed by atoms with E-state index < -0.39 is 8.32 Å². The Balaban J connectivity index is 1.47. The van der Waals surface area contributed by atoms with E-state index >= 15 is 0 Å². The molecular weight excluding hydrogens is 506 g/mol. The number of halogens is 1. The van der Waals surface area contributed by atoms with Gasteiger partial charge in [0.2, 0.25) is 0 Å². The molecule has 3 aromatic rings. The molecule has 0 aliphatic carbocycles. The number of fused-ring (bicyclic) bond motifs is 1. The first-order valence-corrected chi connectivity index (χ1v) is 16.0. The number of furan rings is 1. The maximum Gasteiger partial charge on any atom is 0.192 e. The lowest BCUT2D eigenvalue weighted by Gasteiger charge is -2.48. The van der Waals surface area contributed by atoms with Crippen LogP contribution in [0.2, 0.25) is 18.1 Å². The van der Waals surface area contributed by atoms with Gasteiger partial charge in [-0.25, -0.2) is 4.98 Å². The van der Waals surface area contributed by atoms with Gasteiger partial charge in [0.1, 0.15) is 11.8 Å². The largest absolute Gasteiger partial charge is 0.461 e. The maximum absolute atomic E-state index is 6.91. The van der Waals surface area contributed by atoms with Crippen molar-refractivity contribution in [3.05, 3.63) is 52.6 Å². The van der Waals surface area contributed by atoms with Gasteiger partial charge in [-0.05, 0) is 82.5 Å². The van der Waals surface area contributed by atoms with Crippen molar-refractivity contribution in [2.45, 2.75) is 71.7 Å². The van der Waals surface area contributed by atoms with Gasteiger partial charge in [0.15, 0.2) is 13.9 Å². The monoisotopic (exact) mass is 543 g/mol. The summed E-state index contributed by atoms with van der Waals surface area (Å²) in [7, 11) is -1.80. The van der Waals surface area contributed by atoms with E-state index in [0.717, 1.165) is 47.2 Å². The normalized spacial score (nSPS) is 21.9. The van der Waals surface area contributed by atoms with E-state index in [1.807, 2.05) is 18.5 Å². The molecule has 0 saturated carbocycles. The number of aryl methyl sites for hydroxylation is 2. The Bertz CT molecular complexity index is 1130. The third kappa shape index (κ3) is 5.26. The molecule has 1 saturated heterocycles. The van der Waals surface area contributed by atoms with E-state index in [1.54, 1.807) is 6.26 Å². The number of hydrogen-bond donors (Lipinski definition) is 0. The number of nitrogens with zero attached hydrogens (tertiary/aromatic N) is 3. The van der Waals surface area contributed by atoms with Gasteiger partial charge in [-0.2, -0.15) is 0 Å². The highest BCUT2D eigenvalue weighted by Crippen LogP contribution is 2.40. The van der Waals surface area contributed by atoms with Gasteiger partial charge in [-0.3, -0.25) is 4.98 Å². The van der Waals surface area contributed by atoms with Gasteiger partial charge in [-0.15, -0.1) is 0 Å². The molecule has 1 fully saturated rings. The van der Waals surface area contributed by atoms with Crippen molar-refractivity contribution in [1.29, 1.82) is 0 Å². The van der Waals surface area contributed by atoms with Crippen molar-refractivity contribution < 1.29 is 8.84 Å². The van der Waals surface area contributed by atoms with Crippen LogP contribution in [-0.4, -0.2) is 37.5 Å². The Morgan fingerprint density at radius 3 is 2.50 bits per heavy atom. The Hall–Kier alpha value is -1.70. The summed E-state index contributed by atoms with van der Waals surface area (Å²) in [6.07, 6.45) is 7.71. The molecule has 0 N–H and O–H groups in total. The molecule has 3 aromatic heterocycles. The quantitative estimate of drug-likeness (QED) is 0.306. The molecule has 0 bridgehead atoms. The number of anilines is 1. The third-order valence-electron chi connectivity index (χ3n) is 7.68. The summed E-state index contributed by atoms with van der Waals surface area (Å²) < 4.78 is 13.3. The molecule has 0 spiro atoms. The van der Waals surface area contributed by atoms with Crippen molar-refractivity contribution in [2.24, 2.45) is 11.8 Å². The van der Waals surface area contributed by atoms with Crippen molar-refractivity contribution >= 4 is 41.0 Å². The molecule has 0 aromatic carbocycles. The second kappa shape index (κ2) is 9.74. The summed E-state index contributed by atoms with van der Waals surface area (Å²) in [6.45, 7) is 18.4. The standard InChI is InChI=1S/C27H38BrN3O2Si/c1-18-15-31(16-19(2)26(18)33-34(6,7)27(3,4)5)23-12-13-29-14-20(23)8-9-21-10-11-24-25(30-21)22(28)17-32-24/h10-14,17-19,26H,8-9,15-16H2,1-7H3/t18-,19+,26?. The minimum absolute atomic E-state index is 0.227. The summed E-state index contributed by atoms with van der Waals surface area (Å²) in [5.41, 5.74) is 5.33. The molecule has 5 nitrogen and oxygen atoms in total. The van der Waals surface area contributed by atoms with Crippen LogP contribution in [0.15, 0.2) is 45.7 Å². The van der Waals surface area contributed by atoms with Crippen LogP contribution in [0.5, 0.6) is 0 Å². The van der Waals surface area contributed by atoms with Gasteiger partial charge >= 0.3 is 0 Å². The van der Waals surface area contributed by atoms with Crippen molar-refractivity contribution in [3.8, 4) is 0 Å². The molecule has 1 aliphatic heterocycles. The highest BCUT2D eigenvalue weighted by molar-refractivity contribution is 9.10. The lowest BCUT2D eigenvalue weighted by Crippen LogP contribution is -2.54. The van der Waals surface area contributed by atoms with Gasteiger partial charge in [0.25, 0.3) is 0 Å². The molecule has 7 heteroatoms. The predicted octanol–water partition coefficient (Wildman–Crippen LogP) is 7.25. The molecule has 3 atom stereocenters. The van der Waals surface area contributed by atoms with Gasteiger partial charge in [0, 0.05) is 36.9 Å². The summed E-state index contributed by atoms with van der Waals surface area (Å²) in [4.78, 5) is 11.8. The number of rotatable bonds is 6. The third-order valence-corrected chi connectivity index (χ3v) is 12.7. The lowest BCUT2D eigenvalue weighted by atomic mass is 9.87. The molecule has 4 heterocycles. The smallest absolute Gasteiger partial charge is 0.192 e. The van der Waals surface area contributed by atoms with Crippen molar-refractivity contribution in [2.75, 3.05) is 18.0 Å². The average Bonchev–Trinajstić information content (AvgIpc) is 3.14. The summed E-state index contributed by atoms with van der Waals surface area (Å²) in [5, 5.41) is 0.227. The second-order valence-corrected chi connectivity index (χ2v) is 17.1. The highest BCUT2D eigenvalue weighted by Gasteiger charge is 2.43. The number of pyridine rings is 2. The predicted molar refractivity (Wildman–Crippen MR) is 146 cm³/mol. The summed E-state index contributed by atoms with van der Waals surface area (Å²) in [6, 6.07) is 6.23. The van der Waals surface area contributed by atoms with Gasteiger partial charge < -0.3 is 13.7 Å². The maximum atomic E-state index is 6.91. The highest BCUT2D eigenvalue weighted by atomic mass is 79.9. The van der Waals surface area contributed by atoms with E-state index in [0.29, 0.717) is 17.9 Å². The van der Waals surface area contributed by atoms with E-state index in [2.05, 4.69) is 85.7 Å². The minimum Gasteiger partial charge on any atom is -0.461 e. The molecule has 1 unspecified atom stereocenters. The van der Waals surface area contributed by atoms with Crippen LogP contribution in [0.25, 0.3) is 11.1 Å². The lowest BCUT2D eigenvalue weighted by molar-refractivity contribution is 0.0627. The fraction of sp³-hybridized carbons (Fsp3) is 0.556. The first-order valence-electron chi connectivity index (χ1n) is 12.3. The molecule has 34 heavy (non-hydrogen) atoms. The van der Waals surface area contributed by atoms with Crippen molar-refractivity contribution in [1.82, 2.24) is 9.97 Å². The summed E-state index contributed by atoms with van der Waals surface area (Å²) >= 11 is 3.52. The number of hydrogen-bond acceptors (Lipinski definition) is 5. The van der Waals surface area contributed by atoms with Crippen molar-refractivity contribution in [3.63, 3.8) is 0 Å². The second-order valence-electron chi connectivity index (χ2n) is 11.4. The molecule has 4 rings (SSSR count). The van der Waals surface area contributed by atoms with E-state index in [1.165, 1.54) is 11.3 Å². The van der Waals surface area contributed by atoms with Crippen LogP contribution in [0.1, 0.15) is 45.9 Å². The van der Waals surface area contributed by atoms with E-state index in [-0.39, 0.29) is 5.04 Å². The molecule has 0 radical (unpaired) electrons. The van der Waals surface area contributed by atoms with Crippen LogP contribution >= 0.6 is 15.9 Å². The van der Waals surface area contributed by atoms with Crippen LogP contribution in [0.4, 0.5) is 5.69 Å². The van der Waals surface area contributed by atoms with Gasteiger partial charge in [-0.1, -0.05) is 34.6 Å². The topological polar surface area (TPSA) is 51.4 Å². The van der Waals surface area contributed by atoms with E-state index in [4.69, 9.17) is 13.8 Å². The van der Waals surface area contributed by atoms with Crippen LogP contribution in [-0.2, 0) is 17.3 Å². The average molecular weight is 545 g/mol. The van der Waals surface area contributed by atoms with Crippen LogP contribution in [0.3, 0.4) is 0 Å². The SMILES string of the molecule is C[C@@H]1CN(c2ccncc2CCc2ccc3occ(Br)c3n2)C[C@H](C)C1O[Si](C)(C)C(C)(C)C. The molecular formula is C27H38BrN3O2Si.